The molecule has 21 heavy (non-hydrogen) atoms. The Balaban J connectivity index is 1.55. The molecule has 1 aliphatic rings. The number of likely N-dealkylation sites (tertiary alicyclic amines) is 1. The molecular weight excluding hydrogens is 262 g/mol. The molecule has 1 aromatic heterocycles. The average molecular weight is 291 g/mol. The Kier molecular flexibility index (Phi) is 6.80. The Labute approximate surface area is 128 Å². The molecule has 0 spiro atoms. The summed E-state index contributed by atoms with van der Waals surface area (Å²) in [5.41, 5.74) is 0. The van der Waals surface area contributed by atoms with Gasteiger partial charge < -0.3 is 14.8 Å². The second-order valence-corrected chi connectivity index (χ2v) is 6.06. The van der Waals surface area contributed by atoms with Crippen molar-refractivity contribution in [1.82, 2.24) is 14.8 Å². The van der Waals surface area contributed by atoms with Gasteiger partial charge in [-0.05, 0) is 64.4 Å². The Bertz CT molecular complexity index is 394. The van der Waals surface area contributed by atoms with Gasteiger partial charge in [-0.3, -0.25) is 4.79 Å². The third kappa shape index (κ3) is 5.54. The quantitative estimate of drug-likeness (QED) is 0.784. The monoisotopic (exact) mass is 291 g/mol. The molecule has 1 aromatic rings. The van der Waals surface area contributed by atoms with E-state index >= 15 is 0 Å². The van der Waals surface area contributed by atoms with Gasteiger partial charge in [0.1, 0.15) is 6.04 Å². The Morgan fingerprint density at radius 1 is 1.10 bits per heavy atom. The van der Waals surface area contributed by atoms with Crippen molar-refractivity contribution in [3.8, 4) is 0 Å². The highest BCUT2D eigenvalue weighted by molar-refractivity contribution is 5.79. The lowest BCUT2D eigenvalue weighted by atomic mass is 10.2. The van der Waals surface area contributed by atoms with Gasteiger partial charge in [-0.1, -0.05) is 12.8 Å². The lowest BCUT2D eigenvalue weighted by Crippen LogP contribution is -2.32. The van der Waals surface area contributed by atoms with Crippen LogP contribution in [0.3, 0.4) is 0 Å². The van der Waals surface area contributed by atoms with Crippen molar-refractivity contribution in [2.45, 2.75) is 51.5 Å². The molecule has 1 saturated heterocycles. The van der Waals surface area contributed by atoms with Crippen molar-refractivity contribution < 1.29 is 4.79 Å². The van der Waals surface area contributed by atoms with Crippen molar-refractivity contribution >= 4 is 5.91 Å². The molecule has 2 heterocycles. The van der Waals surface area contributed by atoms with Crippen LogP contribution in [0.4, 0.5) is 0 Å². The van der Waals surface area contributed by atoms with E-state index in [0.717, 1.165) is 13.0 Å². The summed E-state index contributed by atoms with van der Waals surface area (Å²) in [6.45, 7) is 6.43. The van der Waals surface area contributed by atoms with Gasteiger partial charge >= 0.3 is 0 Å². The summed E-state index contributed by atoms with van der Waals surface area (Å²) in [5.74, 6) is 0.112. The standard InChI is InChI=1S/C17H29N3O/c1-16(20-14-8-9-15-20)17(21)18-10-4-7-13-19-11-5-2-3-6-12-19/h8-9,14-16H,2-7,10-13H2,1H3,(H,18,21)/t16-/m1/s1. The Morgan fingerprint density at radius 2 is 1.76 bits per heavy atom. The minimum absolute atomic E-state index is 0.112. The van der Waals surface area contributed by atoms with E-state index < -0.39 is 0 Å². The summed E-state index contributed by atoms with van der Waals surface area (Å²) in [6.07, 6.45) is 11.6. The molecule has 4 nitrogen and oxygen atoms in total. The zero-order valence-corrected chi connectivity index (χ0v) is 13.3. The Hall–Kier alpha value is -1.29. The van der Waals surface area contributed by atoms with Crippen LogP contribution in [0.2, 0.25) is 0 Å². The molecule has 0 aromatic carbocycles. The largest absolute Gasteiger partial charge is 0.354 e. The SMILES string of the molecule is C[C@H](C(=O)NCCCCN1CCCCCC1)n1cccc1. The number of carbonyl (C=O) groups excluding carboxylic acids is 1. The number of aromatic nitrogens is 1. The van der Waals surface area contributed by atoms with E-state index in [9.17, 15) is 4.79 Å². The maximum atomic E-state index is 12.0. The fraction of sp³-hybridized carbons (Fsp3) is 0.706. The molecule has 1 aliphatic heterocycles. The van der Waals surface area contributed by atoms with E-state index in [1.165, 1.54) is 51.7 Å². The molecule has 1 atom stereocenters. The summed E-state index contributed by atoms with van der Waals surface area (Å²) >= 11 is 0. The van der Waals surface area contributed by atoms with Crippen LogP contribution in [0.5, 0.6) is 0 Å². The predicted octanol–water partition coefficient (Wildman–Crippen LogP) is 2.82. The van der Waals surface area contributed by atoms with Crippen LogP contribution in [0.25, 0.3) is 0 Å². The van der Waals surface area contributed by atoms with E-state index in [2.05, 4.69) is 10.2 Å². The van der Waals surface area contributed by atoms with E-state index in [4.69, 9.17) is 0 Å². The van der Waals surface area contributed by atoms with Crippen LogP contribution in [0.15, 0.2) is 24.5 Å². The first-order valence-corrected chi connectivity index (χ1v) is 8.40. The molecular formula is C17H29N3O. The molecule has 0 unspecified atom stereocenters. The zero-order valence-electron chi connectivity index (χ0n) is 13.3. The van der Waals surface area contributed by atoms with Crippen LogP contribution in [0, 0.1) is 0 Å². The van der Waals surface area contributed by atoms with Crippen LogP contribution in [-0.4, -0.2) is 41.6 Å². The molecule has 0 bridgehead atoms. The predicted molar refractivity (Wildman–Crippen MR) is 86.3 cm³/mol. The van der Waals surface area contributed by atoms with Crippen LogP contribution >= 0.6 is 0 Å². The van der Waals surface area contributed by atoms with Gasteiger partial charge in [-0.2, -0.15) is 0 Å². The number of nitrogens with zero attached hydrogens (tertiary/aromatic N) is 2. The number of hydrogen-bond donors (Lipinski definition) is 1. The first kappa shape index (κ1) is 16.1. The van der Waals surface area contributed by atoms with Crippen LogP contribution in [-0.2, 0) is 4.79 Å². The fourth-order valence-electron chi connectivity index (χ4n) is 2.92. The normalized spacial score (nSPS) is 18.1. The van der Waals surface area contributed by atoms with Crippen molar-refractivity contribution in [1.29, 1.82) is 0 Å². The third-order valence-electron chi connectivity index (χ3n) is 4.35. The number of carbonyl (C=O) groups is 1. The molecule has 4 heteroatoms. The number of unbranched alkanes of at least 4 members (excludes halogenated alkanes) is 1. The first-order valence-electron chi connectivity index (χ1n) is 8.40. The number of hydrogen-bond acceptors (Lipinski definition) is 2. The van der Waals surface area contributed by atoms with Crippen molar-refractivity contribution in [2.75, 3.05) is 26.2 Å². The number of nitrogens with one attached hydrogen (secondary N) is 1. The van der Waals surface area contributed by atoms with Crippen molar-refractivity contribution in [3.63, 3.8) is 0 Å². The summed E-state index contributed by atoms with van der Waals surface area (Å²) in [7, 11) is 0. The highest BCUT2D eigenvalue weighted by atomic mass is 16.2. The Morgan fingerprint density at radius 3 is 2.43 bits per heavy atom. The first-order chi connectivity index (χ1) is 10.3. The third-order valence-corrected chi connectivity index (χ3v) is 4.35. The molecule has 118 valence electrons. The van der Waals surface area contributed by atoms with Gasteiger partial charge in [-0.25, -0.2) is 0 Å². The van der Waals surface area contributed by atoms with Crippen LogP contribution in [0.1, 0.15) is 51.5 Å². The molecule has 0 radical (unpaired) electrons. The highest BCUT2D eigenvalue weighted by Crippen LogP contribution is 2.10. The molecule has 1 amide bonds. The van der Waals surface area contributed by atoms with E-state index in [0.29, 0.717) is 0 Å². The molecule has 0 saturated carbocycles. The second kappa shape index (κ2) is 8.88. The van der Waals surface area contributed by atoms with E-state index in [1.807, 2.05) is 36.0 Å². The molecule has 1 N–H and O–H groups in total. The van der Waals surface area contributed by atoms with Gasteiger partial charge in [0, 0.05) is 18.9 Å². The smallest absolute Gasteiger partial charge is 0.242 e. The molecule has 0 aliphatic carbocycles. The summed E-state index contributed by atoms with van der Waals surface area (Å²) in [4.78, 5) is 14.6. The van der Waals surface area contributed by atoms with Crippen molar-refractivity contribution in [2.24, 2.45) is 0 Å². The summed E-state index contributed by atoms with van der Waals surface area (Å²) in [5, 5.41) is 3.04. The van der Waals surface area contributed by atoms with E-state index in [1.54, 1.807) is 0 Å². The van der Waals surface area contributed by atoms with E-state index in [-0.39, 0.29) is 11.9 Å². The van der Waals surface area contributed by atoms with Crippen molar-refractivity contribution in [3.05, 3.63) is 24.5 Å². The zero-order chi connectivity index (χ0) is 14.9. The lowest BCUT2D eigenvalue weighted by molar-refractivity contribution is -0.123. The van der Waals surface area contributed by atoms with Crippen LogP contribution < -0.4 is 5.32 Å². The highest BCUT2D eigenvalue weighted by Gasteiger charge is 2.13. The maximum Gasteiger partial charge on any atom is 0.242 e. The number of amides is 1. The summed E-state index contributed by atoms with van der Waals surface area (Å²) in [6, 6.07) is 3.78. The number of rotatable bonds is 7. The van der Waals surface area contributed by atoms with Gasteiger partial charge in [0.05, 0.1) is 0 Å². The second-order valence-electron chi connectivity index (χ2n) is 6.06. The van der Waals surface area contributed by atoms with Gasteiger partial charge in [0.15, 0.2) is 0 Å². The minimum Gasteiger partial charge on any atom is -0.354 e. The van der Waals surface area contributed by atoms with Gasteiger partial charge in [0.25, 0.3) is 0 Å². The van der Waals surface area contributed by atoms with Gasteiger partial charge in [-0.15, -0.1) is 0 Å². The molecule has 1 fully saturated rings. The topological polar surface area (TPSA) is 37.3 Å². The molecule has 2 rings (SSSR count). The average Bonchev–Trinajstić information content (AvgIpc) is 2.91. The maximum absolute atomic E-state index is 12.0. The minimum atomic E-state index is -0.120. The fourth-order valence-corrected chi connectivity index (χ4v) is 2.92. The van der Waals surface area contributed by atoms with Gasteiger partial charge in [0.2, 0.25) is 5.91 Å². The lowest BCUT2D eigenvalue weighted by Gasteiger charge is -2.19. The summed E-state index contributed by atoms with van der Waals surface area (Å²) < 4.78 is 1.94.